The van der Waals surface area contributed by atoms with E-state index in [2.05, 4.69) is 49.6 Å². The van der Waals surface area contributed by atoms with Gasteiger partial charge in [0.05, 0.1) is 17.1 Å². The van der Waals surface area contributed by atoms with Crippen molar-refractivity contribution < 1.29 is 13.2 Å². The van der Waals surface area contributed by atoms with Crippen molar-refractivity contribution in [3.8, 4) is 0 Å². The maximum absolute atomic E-state index is 13.4. The van der Waals surface area contributed by atoms with Crippen LogP contribution in [0, 0.1) is 31.1 Å². The Balaban J connectivity index is 1.61. The summed E-state index contributed by atoms with van der Waals surface area (Å²) in [5.41, 5.74) is 4.26. The average Bonchev–Trinajstić information content (AvgIpc) is 3.26. The van der Waals surface area contributed by atoms with Crippen LogP contribution in [0.25, 0.3) is 10.9 Å². The Morgan fingerprint density at radius 2 is 1.86 bits per heavy atom. The molecular weight excluding hydrogens is 484 g/mol. The van der Waals surface area contributed by atoms with Crippen LogP contribution < -0.4 is 0 Å². The molecule has 37 heavy (non-hydrogen) atoms. The van der Waals surface area contributed by atoms with Crippen LogP contribution in [-0.4, -0.2) is 46.7 Å². The summed E-state index contributed by atoms with van der Waals surface area (Å²) < 4.78 is 30.5. The number of aryl methyl sites for hydroxylation is 3. The molecule has 1 amide bonds. The molecule has 3 atom stereocenters. The monoisotopic (exact) mass is 526 g/mol. The van der Waals surface area contributed by atoms with Crippen molar-refractivity contribution in [1.29, 1.82) is 0 Å². The lowest BCUT2D eigenvalue weighted by molar-refractivity contribution is -0.140. The minimum Gasteiger partial charge on any atom is -0.350 e. The van der Waals surface area contributed by atoms with E-state index in [1.54, 1.807) is 25.6 Å². The van der Waals surface area contributed by atoms with Crippen molar-refractivity contribution in [1.82, 2.24) is 19.2 Å². The van der Waals surface area contributed by atoms with Crippen molar-refractivity contribution in [2.45, 2.75) is 71.5 Å². The van der Waals surface area contributed by atoms with Crippen LogP contribution in [0.3, 0.4) is 0 Å². The molecule has 0 unspecified atom stereocenters. The quantitative estimate of drug-likeness (QED) is 0.461. The zero-order valence-electron chi connectivity index (χ0n) is 23.8. The Kier molecular flexibility index (Phi) is 7.12. The number of piperidine rings is 1. The lowest BCUT2D eigenvalue weighted by Crippen LogP contribution is -2.46. The molecule has 1 fully saturated rings. The highest BCUT2D eigenvalue weighted by atomic mass is 32.2. The molecule has 2 aromatic heterocycles. The smallest absolute Gasteiger partial charge is 0.225 e. The number of fused-ring (bicyclic) bond motifs is 1. The van der Waals surface area contributed by atoms with E-state index in [-0.39, 0.29) is 23.0 Å². The number of nitrogens with zero attached hydrogens (tertiary/aromatic N) is 4. The van der Waals surface area contributed by atoms with Gasteiger partial charge < -0.3 is 9.47 Å². The number of benzene rings is 1. The molecule has 3 heterocycles. The molecule has 202 valence electrons. The van der Waals surface area contributed by atoms with E-state index >= 15 is 0 Å². The molecule has 0 aliphatic carbocycles. The summed E-state index contributed by atoms with van der Waals surface area (Å²) in [5, 5.41) is 5.41. The summed E-state index contributed by atoms with van der Waals surface area (Å²) in [6, 6.07) is 6.00. The van der Waals surface area contributed by atoms with Crippen LogP contribution in [0.5, 0.6) is 0 Å². The molecule has 7 nitrogen and oxygen atoms in total. The molecule has 0 N–H and O–H groups in total. The Morgan fingerprint density at radius 1 is 1.19 bits per heavy atom. The van der Waals surface area contributed by atoms with Gasteiger partial charge >= 0.3 is 0 Å². The number of carbonyl (C=O) groups is 1. The lowest BCUT2D eigenvalue weighted by atomic mass is 9.78. The van der Waals surface area contributed by atoms with Crippen LogP contribution in [-0.2, 0) is 34.5 Å². The van der Waals surface area contributed by atoms with E-state index in [0.717, 1.165) is 36.0 Å². The van der Waals surface area contributed by atoms with Crippen molar-refractivity contribution >= 4 is 26.6 Å². The van der Waals surface area contributed by atoms with Crippen molar-refractivity contribution in [3.63, 3.8) is 0 Å². The van der Waals surface area contributed by atoms with Gasteiger partial charge in [0.25, 0.3) is 0 Å². The number of sulfone groups is 1. The van der Waals surface area contributed by atoms with Crippen LogP contribution in [0.15, 0.2) is 29.3 Å². The third-order valence-electron chi connectivity index (χ3n) is 8.48. The summed E-state index contributed by atoms with van der Waals surface area (Å²) in [6.45, 7) is 15.7. The van der Waals surface area contributed by atoms with Crippen LogP contribution in [0.1, 0.15) is 69.5 Å². The van der Waals surface area contributed by atoms with E-state index in [0.29, 0.717) is 28.1 Å². The van der Waals surface area contributed by atoms with E-state index in [1.807, 2.05) is 31.0 Å². The van der Waals surface area contributed by atoms with Crippen molar-refractivity contribution in [3.05, 3.63) is 46.9 Å². The van der Waals surface area contributed by atoms with Gasteiger partial charge in [0.15, 0.2) is 9.84 Å². The normalized spacial score (nSPS) is 20.0. The van der Waals surface area contributed by atoms with Gasteiger partial charge in [0.1, 0.15) is 4.90 Å². The third kappa shape index (κ3) is 5.09. The Labute approximate surface area is 221 Å². The van der Waals surface area contributed by atoms with Crippen molar-refractivity contribution in [2.75, 3.05) is 13.1 Å². The van der Waals surface area contributed by atoms with Gasteiger partial charge in [-0.15, -0.1) is 0 Å². The predicted molar refractivity (Wildman–Crippen MR) is 148 cm³/mol. The number of hydrogen-bond donors (Lipinski definition) is 0. The minimum absolute atomic E-state index is 0.0228. The summed E-state index contributed by atoms with van der Waals surface area (Å²) in [5.74, 6) is 0.781. The first-order valence-corrected chi connectivity index (χ1v) is 14.9. The highest BCUT2D eigenvalue weighted by Gasteiger charge is 2.36. The fourth-order valence-corrected chi connectivity index (χ4v) is 7.64. The van der Waals surface area contributed by atoms with Crippen LogP contribution in [0.4, 0.5) is 0 Å². The topological polar surface area (TPSA) is 77.2 Å². The second-order valence-corrected chi connectivity index (χ2v) is 14.1. The molecule has 3 aromatic rings. The Morgan fingerprint density at radius 3 is 2.43 bits per heavy atom. The maximum Gasteiger partial charge on any atom is 0.225 e. The Bertz CT molecular complexity index is 1440. The first-order valence-electron chi connectivity index (χ1n) is 13.2. The Hall–Kier alpha value is -2.61. The lowest BCUT2D eigenvalue weighted by Gasteiger charge is -2.40. The molecule has 1 saturated heterocycles. The molecule has 1 aliphatic heterocycles. The number of rotatable bonds is 5. The number of likely N-dealkylation sites (tertiary alicyclic amines) is 1. The first kappa shape index (κ1) is 27.4. The molecule has 8 heteroatoms. The van der Waals surface area contributed by atoms with E-state index in [9.17, 15) is 13.2 Å². The van der Waals surface area contributed by atoms with E-state index in [4.69, 9.17) is 0 Å². The first-order chi connectivity index (χ1) is 17.1. The molecule has 0 bridgehead atoms. The van der Waals surface area contributed by atoms with E-state index in [1.165, 1.54) is 5.56 Å². The number of hydrogen-bond acceptors (Lipinski definition) is 4. The fourth-order valence-electron chi connectivity index (χ4n) is 5.80. The maximum atomic E-state index is 13.4. The van der Waals surface area contributed by atoms with Gasteiger partial charge in [0.2, 0.25) is 5.91 Å². The minimum atomic E-state index is -3.54. The SMILES string of the molecule is Cc1nn(C)c(C)c1S(=O)(=O)Cc1ccc2c(c1)c([C@@H]1CCN(C(=O)[C@H](C)C(C)(C)C)C[C@@H]1C)cn2C. The highest BCUT2D eigenvalue weighted by Crippen LogP contribution is 2.39. The largest absolute Gasteiger partial charge is 0.350 e. The molecule has 1 aliphatic rings. The van der Waals surface area contributed by atoms with Gasteiger partial charge in [-0.2, -0.15) is 5.10 Å². The van der Waals surface area contributed by atoms with Gasteiger partial charge in [-0.1, -0.05) is 40.7 Å². The molecule has 1 aromatic carbocycles. The second-order valence-electron chi connectivity index (χ2n) is 12.2. The number of aromatic nitrogens is 3. The van der Waals surface area contributed by atoms with Gasteiger partial charge in [-0.05, 0) is 60.8 Å². The standard InChI is InChI=1S/C29H42N4O3S/c1-18-15-33(28(34)19(2)29(5,6)7)13-12-23(18)25-16-31(8)26-11-10-22(14-24(25)26)17-37(35,36)27-20(3)30-32(9)21(27)4/h10-11,14,16,18-19,23H,12-13,15,17H2,1-9H3/t18-,19-,23+/m0/s1. The summed E-state index contributed by atoms with van der Waals surface area (Å²) in [6.07, 6.45) is 3.09. The molecule has 4 rings (SSSR count). The van der Waals surface area contributed by atoms with Gasteiger partial charge in [-0.25, -0.2) is 8.42 Å². The van der Waals surface area contributed by atoms with Crippen molar-refractivity contribution in [2.24, 2.45) is 31.3 Å². The van der Waals surface area contributed by atoms with Crippen LogP contribution >= 0.6 is 0 Å². The van der Waals surface area contributed by atoms with Crippen LogP contribution in [0.2, 0.25) is 0 Å². The van der Waals surface area contributed by atoms with Gasteiger partial charge in [-0.3, -0.25) is 9.48 Å². The summed E-state index contributed by atoms with van der Waals surface area (Å²) >= 11 is 0. The zero-order valence-corrected chi connectivity index (χ0v) is 24.6. The average molecular weight is 527 g/mol. The predicted octanol–water partition coefficient (Wildman–Crippen LogP) is 5.14. The summed E-state index contributed by atoms with van der Waals surface area (Å²) in [4.78, 5) is 15.5. The third-order valence-corrected chi connectivity index (χ3v) is 10.4. The fraction of sp³-hybridized carbons (Fsp3) is 0.586. The molecule has 0 saturated carbocycles. The number of carbonyl (C=O) groups excluding carboxylic acids is 1. The molecule has 0 radical (unpaired) electrons. The summed E-state index contributed by atoms with van der Waals surface area (Å²) in [7, 11) is 0.276. The second kappa shape index (κ2) is 9.61. The molecular formula is C29H42N4O3S. The molecule has 0 spiro atoms. The highest BCUT2D eigenvalue weighted by molar-refractivity contribution is 7.90. The van der Waals surface area contributed by atoms with Gasteiger partial charge in [0, 0.05) is 50.2 Å². The number of amides is 1. The van der Waals surface area contributed by atoms with E-state index < -0.39 is 9.84 Å². The zero-order chi connectivity index (χ0) is 27.4.